The molecule has 1 unspecified atom stereocenters. The predicted molar refractivity (Wildman–Crippen MR) is 73.6 cm³/mol. The lowest BCUT2D eigenvalue weighted by molar-refractivity contribution is 0.0125. The summed E-state index contributed by atoms with van der Waals surface area (Å²) in [4.78, 5) is 0. The van der Waals surface area contributed by atoms with E-state index in [4.69, 9.17) is 0 Å². The Hall–Kier alpha value is -0.860. The van der Waals surface area contributed by atoms with Gasteiger partial charge in [-0.25, -0.2) is 0 Å². The minimum absolute atomic E-state index is 0.449. The van der Waals surface area contributed by atoms with Crippen molar-refractivity contribution in [2.24, 2.45) is 5.92 Å². The summed E-state index contributed by atoms with van der Waals surface area (Å²) in [7, 11) is 0. The van der Waals surface area contributed by atoms with Crippen LogP contribution in [0.1, 0.15) is 42.4 Å². The lowest BCUT2D eigenvalue weighted by atomic mass is 9.85. The number of aryl methyl sites for hydroxylation is 2. The van der Waals surface area contributed by atoms with E-state index in [0.717, 1.165) is 18.4 Å². The monoisotopic (exact) mass is 245 g/mol. The van der Waals surface area contributed by atoms with Gasteiger partial charge >= 0.3 is 0 Å². The second-order valence-electron chi connectivity index (χ2n) is 6.17. The van der Waals surface area contributed by atoms with Crippen LogP contribution in [-0.4, -0.2) is 17.7 Å². The van der Waals surface area contributed by atoms with Crippen LogP contribution in [0.15, 0.2) is 18.2 Å². The van der Waals surface area contributed by atoms with Crippen molar-refractivity contribution in [3.05, 3.63) is 34.9 Å². The van der Waals surface area contributed by atoms with Gasteiger partial charge in [0.15, 0.2) is 0 Å². The molecule has 2 aliphatic rings. The van der Waals surface area contributed by atoms with Crippen molar-refractivity contribution >= 4 is 0 Å². The SMILES string of the molecule is Cc1ccc(C(O)(CNC2CC2)C2CC2)c(C)c1. The molecule has 0 radical (unpaired) electrons. The molecule has 0 bridgehead atoms. The van der Waals surface area contributed by atoms with Crippen LogP contribution in [0.2, 0.25) is 0 Å². The van der Waals surface area contributed by atoms with Gasteiger partial charge in [0.05, 0.1) is 0 Å². The summed E-state index contributed by atoms with van der Waals surface area (Å²) < 4.78 is 0. The fourth-order valence-corrected chi connectivity index (χ4v) is 2.91. The summed E-state index contributed by atoms with van der Waals surface area (Å²) in [5.41, 5.74) is 2.97. The molecule has 2 saturated carbocycles. The van der Waals surface area contributed by atoms with Crippen molar-refractivity contribution in [2.75, 3.05) is 6.54 Å². The van der Waals surface area contributed by atoms with Crippen LogP contribution in [0, 0.1) is 19.8 Å². The summed E-state index contributed by atoms with van der Waals surface area (Å²) in [6.07, 6.45) is 4.87. The number of hydrogen-bond acceptors (Lipinski definition) is 2. The third kappa shape index (κ3) is 2.32. The molecular formula is C16H23NO. The highest BCUT2D eigenvalue weighted by Gasteiger charge is 2.46. The number of rotatable bonds is 5. The van der Waals surface area contributed by atoms with E-state index in [-0.39, 0.29) is 0 Å². The Morgan fingerprint density at radius 1 is 1.22 bits per heavy atom. The first-order valence-corrected chi connectivity index (χ1v) is 7.13. The van der Waals surface area contributed by atoms with Gasteiger partial charge in [-0.1, -0.05) is 23.8 Å². The number of benzene rings is 1. The Bertz CT molecular complexity index is 448. The van der Waals surface area contributed by atoms with E-state index in [1.165, 1.54) is 24.0 Å². The van der Waals surface area contributed by atoms with Crippen molar-refractivity contribution in [1.82, 2.24) is 5.32 Å². The van der Waals surface area contributed by atoms with E-state index in [1.54, 1.807) is 0 Å². The molecule has 0 aliphatic heterocycles. The molecule has 0 spiro atoms. The average molecular weight is 245 g/mol. The maximum atomic E-state index is 11.1. The van der Waals surface area contributed by atoms with Gasteiger partial charge in [0.2, 0.25) is 0 Å². The zero-order valence-electron chi connectivity index (χ0n) is 11.4. The molecule has 2 nitrogen and oxygen atoms in total. The Balaban J connectivity index is 1.86. The van der Waals surface area contributed by atoms with Crippen LogP contribution in [0.4, 0.5) is 0 Å². The van der Waals surface area contributed by atoms with Crippen LogP contribution in [0.25, 0.3) is 0 Å². The van der Waals surface area contributed by atoms with Crippen molar-refractivity contribution in [1.29, 1.82) is 0 Å². The number of aliphatic hydroxyl groups is 1. The van der Waals surface area contributed by atoms with Crippen LogP contribution < -0.4 is 5.32 Å². The molecule has 2 heteroatoms. The summed E-state index contributed by atoms with van der Waals surface area (Å²) in [6.45, 7) is 4.94. The lowest BCUT2D eigenvalue weighted by Gasteiger charge is -2.31. The molecule has 2 aliphatic carbocycles. The zero-order valence-corrected chi connectivity index (χ0v) is 11.4. The quantitative estimate of drug-likeness (QED) is 0.836. The molecule has 0 amide bonds. The highest BCUT2D eigenvalue weighted by atomic mass is 16.3. The minimum atomic E-state index is -0.652. The first-order chi connectivity index (χ1) is 8.59. The van der Waals surface area contributed by atoms with Gasteiger partial charge in [-0.3, -0.25) is 0 Å². The normalized spacial score (nSPS) is 22.8. The molecule has 1 aromatic carbocycles. The Labute approximate surface area is 109 Å². The van der Waals surface area contributed by atoms with Crippen molar-refractivity contribution < 1.29 is 5.11 Å². The third-order valence-corrected chi connectivity index (χ3v) is 4.34. The third-order valence-electron chi connectivity index (χ3n) is 4.34. The van der Waals surface area contributed by atoms with Gasteiger partial charge < -0.3 is 10.4 Å². The van der Waals surface area contributed by atoms with Gasteiger partial charge in [-0.2, -0.15) is 0 Å². The van der Waals surface area contributed by atoms with E-state index in [1.807, 2.05) is 0 Å². The smallest absolute Gasteiger partial charge is 0.105 e. The molecule has 1 aromatic rings. The van der Waals surface area contributed by atoms with Crippen LogP contribution in [0.5, 0.6) is 0 Å². The lowest BCUT2D eigenvalue weighted by Crippen LogP contribution is -2.41. The maximum absolute atomic E-state index is 11.1. The molecule has 98 valence electrons. The Morgan fingerprint density at radius 3 is 2.50 bits per heavy atom. The molecule has 3 rings (SSSR count). The molecule has 0 aromatic heterocycles. The largest absolute Gasteiger partial charge is 0.384 e. The van der Waals surface area contributed by atoms with Crippen LogP contribution >= 0.6 is 0 Å². The molecule has 18 heavy (non-hydrogen) atoms. The van der Waals surface area contributed by atoms with E-state index in [9.17, 15) is 5.11 Å². The summed E-state index contributed by atoms with van der Waals surface area (Å²) in [5, 5.41) is 14.6. The molecule has 1 atom stereocenters. The fraction of sp³-hybridized carbons (Fsp3) is 0.625. The number of nitrogens with one attached hydrogen (secondary N) is 1. The number of hydrogen-bond donors (Lipinski definition) is 2. The van der Waals surface area contributed by atoms with Gasteiger partial charge in [-0.15, -0.1) is 0 Å². The zero-order chi connectivity index (χ0) is 12.8. The first-order valence-electron chi connectivity index (χ1n) is 7.13. The fourth-order valence-electron chi connectivity index (χ4n) is 2.91. The molecule has 0 saturated heterocycles. The maximum Gasteiger partial charge on any atom is 0.105 e. The standard InChI is InChI=1S/C16H23NO/c1-11-3-8-15(12(2)9-11)16(18,13-4-5-13)10-17-14-6-7-14/h3,8-9,13-14,17-18H,4-7,10H2,1-2H3. The highest BCUT2D eigenvalue weighted by Crippen LogP contribution is 2.46. The van der Waals surface area contributed by atoms with E-state index in [2.05, 4.69) is 37.4 Å². The predicted octanol–water partition coefficient (Wildman–Crippen LogP) is 2.65. The van der Waals surface area contributed by atoms with Gasteiger partial charge in [0.25, 0.3) is 0 Å². The van der Waals surface area contributed by atoms with E-state index in [0.29, 0.717) is 18.5 Å². The first kappa shape index (κ1) is 12.2. The molecule has 0 heterocycles. The van der Waals surface area contributed by atoms with Crippen LogP contribution in [-0.2, 0) is 5.60 Å². The molecular weight excluding hydrogens is 222 g/mol. The van der Waals surface area contributed by atoms with E-state index < -0.39 is 5.60 Å². The van der Waals surface area contributed by atoms with Crippen LogP contribution in [0.3, 0.4) is 0 Å². The van der Waals surface area contributed by atoms with Gasteiger partial charge in [0.1, 0.15) is 5.60 Å². The second-order valence-corrected chi connectivity index (χ2v) is 6.17. The highest BCUT2D eigenvalue weighted by molar-refractivity contribution is 5.36. The van der Waals surface area contributed by atoms with Gasteiger partial charge in [-0.05, 0) is 56.6 Å². The average Bonchev–Trinajstić information content (AvgIpc) is 3.15. The second kappa shape index (κ2) is 4.36. The van der Waals surface area contributed by atoms with Crippen molar-refractivity contribution in [3.8, 4) is 0 Å². The summed E-state index contributed by atoms with van der Waals surface area (Å²) >= 11 is 0. The Morgan fingerprint density at radius 2 is 1.94 bits per heavy atom. The van der Waals surface area contributed by atoms with Crippen molar-refractivity contribution in [2.45, 2.75) is 51.2 Å². The van der Waals surface area contributed by atoms with Gasteiger partial charge in [0, 0.05) is 12.6 Å². The van der Waals surface area contributed by atoms with E-state index >= 15 is 0 Å². The van der Waals surface area contributed by atoms with Crippen molar-refractivity contribution in [3.63, 3.8) is 0 Å². The molecule has 2 N–H and O–H groups in total. The minimum Gasteiger partial charge on any atom is -0.384 e. The Kier molecular flexibility index (Phi) is 2.95. The summed E-state index contributed by atoms with van der Waals surface area (Å²) in [6, 6.07) is 7.07. The summed E-state index contributed by atoms with van der Waals surface area (Å²) in [5.74, 6) is 0.449. The topological polar surface area (TPSA) is 32.3 Å². The molecule has 2 fully saturated rings.